The van der Waals surface area contributed by atoms with E-state index in [1.807, 2.05) is 6.20 Å². The van der Waals surface area contributed by atoms with E-state index in [1.54, 1.807) is 13.3 Å². The van der Waals surface area contributed by atoms with Crippen LogP contribution in [-0.2, 0) is 11.3 Å². The van der Waals surface area contributed by atoms with Gasteiger partial charge in [0.25, 0.3) is 0 Å². The van der Waals surface area contributed by atoms with E-state index in [9.17, 15) is 0 Å². The van der Waals surface area contributed by atoms with Crippen molar-refractivity contribution in [3.63, 3.8) is 0 Å². The number of nitrogens with one attached hydrogen (secondary N) is 1. The summed E-state index contributed by atoms with van der Waals surface area (Å²) in [6.45, 7) is 9.88. The summed E-state index contributed by atoms with van der Waals surface area (Å²) >= 11 is 0. The lowest BCUT2D eigenvalue weighted by Gasteiger charge is -2.29. The highest BCUT2D eigenvalue weighted by Crippen LogP contribution is 2.12. The molecule has 0 fully saturated rings. The summed E-state index contributed by atoms with van der Waals surface area (Å²) in [6, 6.07) is 0.570. The van der Waals surface area contributed by atoms with Gasteiger partial charge >= 0.3 is 0 Å². The molecule has 0 atom stereocenters. The van der Waals surface area contributed by atoms with E-state index in [2.05, 4.69) is 41.0 Å². The molecule has 0 spiro atoms. The van der Waals surface area contributed by atoms with Crippen LogP contribution in [0.25, 0.3) is 0 Å². The maximum absolute atomic E-state index is 5.21. The fourth-order valence-corrected chi connectivity index (χ4v) is 2.32. The maximum atomic E-state index is 5.21. The molecular weight excluding hydrogens is 252 g/mol. The Morgan fingerprint density at radius 2 is 1.95 bits per heavy atom. The van der Waals surface area contributed by atoms with Crippen LogP contribution < -0.4 is 5.32 Å². The molecule has 1 aromatic rings. The first-order valence-electron chi connectivity index (χ1n) is 7.52. The largest absolute Gasteiger partial charge is 0.383 e. The van der Waals surface area contributed by atoms with E-state index >= 15 is 0 Å². The number of anilines is 1. The van der Waals surface area contributed by atoms with Gasteiger partial charge in [-0.2, -0.15) is 0 Å². The molecular formula is C15H28N4O. The van der Waals surface area contributed by atoms with E-state index in [4.69, 9.17) is 4.74 Å². The van der Waals surface area contributed by atoms with Crippen molar-refractivity contribution in [2.45, 2.75) is 46.2 Å². The highest BCUT2D eigenvalue weighted by molar-refractivity contribution is 5.30. The van der Waals surface area contributed by atoms with Gasteiger partial charge in [0.2, 0.25) is 0 Å². The van der Waals surface area contributed by atoms with Crippen molar-refractivity contribution >= 4 is 5.82 Å². The van der Waals surface area contributed by atoms with Gasteiger partial charge in [0.1, 0.15) is 5.82 Å². The lowest BCUT2D eigenvalue weighted by Crippen LogP contribution is -2.36. The second-order valence-electron chi connectivity index (χ2n) is 4.86. The van der Waals surface area contributed by atoms with Crippen LogP contribution in [0, 0.1) is 0 Å². The van der Waals surface area contributed by atoms with Gasteiger partial charge in [-0.05, 0) is 19.8 Å². The molecule has 0 amide bonds. The molecule has 0 bridgehead atoms. The Kier molecular flexibility index (Phi) is 8.14. The Morgan fingerprint density at radius 1 is 1.20 bits per heavy atom. The van der Waals surface area contributed by atoms with Gasteiger partial charge in [-0.3, -0.25) is 9.88 Å². The van der Waals surface area contributed by atoms with Gasteiger partial charge < -0.3 is 10.1 Å². The summed E-state index contributed by atoms with van der Waals surface area (Å²) in [4.78, 5) is 11.3. The van der Waals surface area contributed by atoms with Crippen LogP contribution in [0.5, 0.6) is 0 Å². The predicted molar refractivity (Wildman–Crippen MR) is 82.9 cm³/mol. The first-order valence-corrected chi connectivity index (χ1v) is 7.52. The SMILES string of the molecule is CCNc1cnc(CN(CCOC)C(CC)CC)cn1. The summed E-state index contributed by atoms with van der Waals surface area (Å²) in [5.74, 6) is 0.835. The topological polar surface area (TPSA) is 50.3 Å². The molecule has 0 unspecified atom stereocenters. The fourth-order valence-electron chi connectivity index (χ4n) is 2.32. The van der Waals surface area contributed by atoms with Crippen molar-refractivity contribution in [2.24, 2.45) is 0 Å². The minimum absolute atomic E-state index is 0.570. The molecule has 114 valence electrons. The molecule has 0 saturated carbocycles. The second kappa shape index (κ2) is 9.66. The molecule has 0 radical (unpaired) electrons. The zero-order chi connectivity index (χ0) is 14.8. The standard InChI is InChI=1S/C15H28N4O/c1-5-14(6-2)19(8-9-20-4)12-13-10-18-15(11-17-13)16-7-3/h10-11,14H,5-9,12H2,1-4H3,(H,16,18). The summed E-state index contributed by atoms with van der Waals surface area (Å²) in [7, 11) is 1.75. The van der Waals surface area contributed by atoms with E-state index in [-0.39, 0.29) is 0 Å². The average Bonchev–Trinajstić information content (AvgIpc) is 2.48. The first kappa shape index (κ1) is 16.9. The number of ether oxygens (including phenoxy) is 1. The highest BCUT2D eigenvalue weighted by Gasteiger charge is 2.15. The average molecular weight is 280 g/mol. The van der Waals surface area contributed by atoms with Crippen LogP contribution in [0.3, 0.4) is 0 Å². The lowest BCUT2D eigenvalue weighted by atomic mass is 10.1. The number of aromatic nitrogens is 2. The highest BCUT2D eigenvalue weighted by atomic mass is 16.5. The number of hydrogen-bond donors (Lipinski definition) is 1. The Bertz CT molecular complexity index is 351. The molecule has 1 aromatic heterocycles. The zero-order valence-electron chi connectivity index (χ0n) is 13.2. The molecule has 20 heavy (non-hydrogen) atoms. The van der Waals surface area contributed by atoms with Crippen molar-refractivity contribution in [2.75, 3.05) is 32.1 Å². The van der Waals surface area contributed by atoms with Crippen LogP contribution in [0.1, 0.15) is 39.3 Å². The monoisotopic (exact) mass is 280 g/mol. The number of hydrogen-bond acceptors (Lipinski definition) is 5. The van der Waals surface area contributed by atoms with Crippen LogP contribution in [-0.4, -0.2) is 47.7 Å². The Balaban J connectivity index is 2.67. The fraction of sp³-hybridized carbons (Fsp3) is 0.733. The zero-order valence-corrected chi connectivity index (χ0v) is 13.2. The second-order valence-corrected chi connectivity index (χ2v) is 4.86. The summed E-state index contributed by atoms with van der Waals surface area (Å²) < 4.78 is 5.21. The van der Waals surface area contributed by atoms with Gasteiger partial charge in [0, 0.05) is 32.8 Å². The van der Waals surface area contributed by atoms with Gasteiger partial charge in [-0.1, -0.05) is 13.8 Å². The van der Waals surface area contributed by atoms with Gasteiger partial charge in [0.15, 0.2) is 0 Å². The summed E-state index contributed by atoms with van der Waals surface area (Å²) in [5.41, 5.74) is 1.01. The van der Waals surface area contributed by atoms with Gasteiger partial charge in [0.05, 0.1) is 24.7 Å². The third kappa shape index (κ3) is 5.43. The Labute approximate surface area is 122 Å². The van der Waals surface area contributed by atoms with E-state index in [1.165, 1.54) is 0 Å². The minimum Gasteiger partial charge on any atom is -0.383 e. The molecule has 0 aliphatic carbocycles. The molecule has 0 aliphatic rings. The van der Waals surface area contributed by atoms with Crippen LogP contribution >= 0.6 is 0 Å². The first-order chi connectivity index (χ1) is 9.74. The van der Waals surface area contributed by atoms with Crippen molar-refractivity contribution in [3.05, 3.63) is 18.1 Å². The third-order valence-electron chi connectivity index (χ3n) is 3.47. The Hall–Kier alpha value is -1.20. The number of rotatable bonds is 10. The van der Waals surface area contributed by atoms with Crippen LogP contribution in [0.2, 0.25) is 0 Å². The predicted octanol–water partition coefficient (Wildman–Crippen LogP) is 2.55. The molecule has 0 aromatic carbocycles. The van der Waals surface area contributed by atoms with E-state index in [0.717, 1.165) is 50.6 Å². The van der Waals surface area contributed by atoms with Crippen molar-refractivity contribution in [1.82, 2.24) is 14.9 Å². The quantitative estimate of drug-likeness (QED) is 0.714. The summed E-state index contributed by atoms with van der Waals surface area (Å²) in [5, 5.41) is 3.16. The molecule has 1 N–H and O–H groups in total. The van der Waals surface area contributed by atoms with Crippen molar-refractivity contribution in [3.8, 4) is 0 Å². The van der Waals surface area contributed by atoms with Gasteiger partial charge in [-0.15, -0.1) is 0 Å². The van der Waals surface area contributed by atoms with E-state index < -0.39 is 0 Å². The lowest BCUT2D eigenvalue weighted by molar-refractivity contribution is 0.109. The molecule has 0 aliphatic heterocycles. The van der Waals surface area contributed by atoms with Crippen molar-refractivity contribution in [1.29, 1.82) is 0 Å². The maximum Gasteiger partial charge on any atom is 0.144 e. The molecule has 5 heteroatoms. The van der Waals surface area contributed by atoms with E-state index in [0.29, 0.717) is 6.04 Å². The normalized spacial score (nSPS) is 11.3. The minimum atomic E-state index is 0.570. The summed E-state index contributed by atoms with van der Waals surface area (Å²) in [6.07, 6.45) is 5.95. The van der Waals surface area contributed by atoms with Gasteiger partial charge in [-0.25, -0.2) is 4.98 Å². The molecule has 1 rings (SSSR count). The molecule has 1 heterocycles. The Morgan fingerprint density at radius 3 is 2.45 bits per heavy atom. The smallest absolute Gasteiger partial charge is 0.144 e. The van der Waals surface area contributed by atoms with Crippen molar-refractivity contribution < 1.29 is 4.74 Å². The number of nitrogens with zero attached hydrogens (tertiary/aromatic N) is 3. The van der Waals surface area contributed by atoms with Crippen LogP contribution in [0.4, 0.5) is 5.82 Å². The third-order valence-corrected chi connectivity index (χ3v) is 3.47. The molecule has 5 nitrogen and oxygen atoms in total. The molecule has 0 saturated heterocycles. The van der Waals surface area contributed by atoms with Crippen LogP contribution in [0.15, 0.2) is 12.4 Å². The number of methoxy groups -OCH3 is 1.